The topological polar surface area (TPSA) is 15.3 Å². The molecule has 0 amide bonds. The number of nitrogens with zero attached hydrogens (tertiary/aromatic N) is 1. The molecule has 0 saturated heterocycles. The first-order valence-corrected chi connectivity index (χ1v) is 5.98. The maximum Gasteiger partial charge on any atom is 0.0101 e. The van der Waals surface area contributed by atoms with Crippen LogP contribution in [-0.4, -0.2) is 39.1 Å². The normalized spacial score (nSPS) is 7.29. The SMILES string of the molecule is CC.CC.CCC.CNCCN(C)C. The van der Waals surface area contributed by atoms with Gasteiger partial charge in [-0.2, -0.15) is 0 Å². The molecule has 0 aliphatic carbocycles. The van der Waals surface area contributed by atoms with Crippen LogP contribution in [0.15, 0.2) is 0 Å². The molecule has 0 aromatic rings. The monoisotopic (exact) mass is 206 g/mol. The maximum atomic E-state index is 3.06. The van der Waals surface area contributed by atoms with Gasteiger partial charge in [-0.15, -0.1) is 0 Å². The fourth-order valence-corrected chi connectivity index (χ4v) is 0.335. The van der Waals surface area contributed by atoms with E-state index in [1.54, 1.807) is 0 Å². The van der Waals surface area contributed by atoms with E-state index in [0.29, 0.717) is 0 Å². The molecule has 0 radical (unpaired) electrons. The summed E-state index contributed by atoms with van der Waals surface area (Å²) in [4.78, 5) is 2.15. The predicted octanol–water partition coefficient (Wildman–Crippen LogP) is 3.24. The van der Waals surface area contributed by atoms with Gasteiger partial charge < -0.3 is 10.2 Å². The van der Waals surface area contributed by atoms with E-state index in [9.17, 15) is 0 Å². The molecule has 0 unspecified atom stereocenters. The van der Waals surface area contributed by atoms with Gasteiger partial charge in [0.25, 0.3) is 0 Å². The number of hydrogen-bond acceptors (Lipinski definition) is 2. The minimum Gasteiger partial charge on any atom is -0.318 e. The van der Waals surface area contributed by atoms with Crippen LogP contribution in [0.1, 0.15) is 48.0 Å². The van der Waals surface area contributed by atoms with Crippen LogP contribution in [0.3, 0.4) is 0 Å². The van der Waals surface area contributed by atoms with Gasteiger partial charge in [-0.1, -0.05) is 48.0 Å². The average Bonchev–Trinajstić information content (AvgIpc) is 2.22. The highest BCUT2D eigenvalue weighted by Gasteiger charge is 1.82. The summed E-state index contributed by atoms with van der Waals surface area (Å²) < 4.78 is 0. The highest BCUT2D eigenvalue weighted by atomic mass is 15.1. The Morgan fingerprint density at radius 3 is 1.29 bits per heavy atom. The Labute approximate surface area is 93.1 Å². The van der Waals surface area contributed by atoms with Gasteiger partial charge in [-0.25, -0.2) is 0 Å². The van der Waals surface area contributed by atoms with Crippen molar-refractivity contribution in [1.29, 1.82) is 0 Å². The highest BCUT2D eigenvalue weighted by molar-refractivity contribution is 4.42. The zero-order valence-electron chi connectivity index (χ0n) is 12.1. The van der Waals surface area contributed by atoms with Crippen molar-refractivity contribution in [2.75, 3.05) is 34.2 Å². The summed E-state index contributed by atoms with van der Waals surface area (Å²) >= 11 is 0. The standard InChI is InChI=1S/C5H14N2.C3H8.2C2H6/c1-6-4-5-7(2)3;1-3-2;2*1-2/h6H,4-5H2,1-3H3;3H2,1-2H3;2*1-2H3. The van der Waals surface area contributed by atoms with Crippen LogP contribution in [0, 0.1) is 0 Å². The van der Waals surface area contributed by atoms with Crippen molar-refractivity contribution >= 4 is 0 Å². The molecule has 0 rings (SSSR count). The largest absolute Gasteiger partial charge is 0.318 e. The van der Waals surface area contributed by atoms with Crippen molar-refractivity contribution in [2.24, 2.45) is 0 Å². The first-order chi connectivity index (χ1) is 6.68. The van der Waals surface area contributed by atoms with Crippen molar-refractivity contribution in [3.05, 3.63) is 0 Å². The van der Waals surface area contributed by atoms with Gasteiger partial charge >= 0.3 is 0 Å². The second-order valence-electron chi connectivity index (χ2n) is 2.61. The summed E-state index contributed by atoms with van der Waals surface area (Å²) in [5, 5.41) is 3.06. The molecule has 0 saturated carbocycles. The number of rotatable bonds is 3. The van der Waals surface area contributed by atoms with Crippen molar-refractivity contribution in [2.45, 2.75) is 48.0 Å². The Hall–Kier alpha value is -0.0800. The molecule has 0 heterocycles. The molecule has 0 spiro atoms. The molecule has 0 aliphatic heterocycles. The zero-order valence-corrected chi connectivity index (χ0v) is 12.1. The molecule has 2 nitrogen and oxygen atoms in total. The average molecular weight is 206 g/mol. The molecule has 14 heavy (non-hydrogen) atoms. The summed E-state index contributed by atoms with van der Waals surface area (Å²) in [7, 11) is 6.10. The smallest absolute Gasteiger partial charge is 0.0101 e. The zero-order chi connectivity index (χ0) is 12.4. The van der Waals surface area contributed by atoms with E-state index in [-0.39, 0.29) is 0 Å². The van der Waals surface area contributed by atoms with Gasteiger partial charge in [-0.05, 0) is 21.1 Å². The van der Waals surface area contributed by atoms with E-state index < -0.39 is 0 Å². The van der Waals surface area contributed by atoms with E-state index >= 15 is 0 Å². The lowest BCUT2D eigenvalue weighted by molar-refractivity contribution is 0.407. The molecular weight excluding hydrogens is 172 g/mol. The lowest BCUT2D eigenvalue weighted by atomic mass is 10.6. The van der Waals surface area contributed by atoms with Crippen LogP contribution in [0.25, 0.3) is 0 Å². The number of likely N-dealkylation sites (N-methyl/N-ethyl adjacent to an activating group) is 2. The van der Waals surface area contributed by atoms with Gasteiger partial charge in [0.05, 0.1) is 0 Å². The second kappa shape index (κ2) is 38.3. The Bertz CT molecular complexity index is 45.6. The van der Waals surface area contributed by atoms with Crippen molar-refractivity contribution in [3.8, 4) is 0 Å². The van der Waals surface area contributed by atoms with Gasteiger partial charge in [-0.3, -0.25) is 0 Å². The van der Waals surface area contributed by atoms with Crippen molar-refractivity contribution in [3.63, 3.8) is 0 Å². The Morgan fingerprint density at radius 2 is 1.21 bits per heavy atom. The molecule has 92 valence electrons. The van der Waals surface area contributed by atoms with Crippen LogP contribution in [0.5, 0.6) is 0 Å². The molecular formula is C12H34N2. The summed E-state index contributed by atoms with van der Waals surface area (Å²) in [6, 6.07) is 0. The summed E-state index contributed by atoms with van der Waals surface area (Å²) in [6.07, 6.45) is 1.25. The molecule has 1 N–H and O–H groups in total. The molecule has 0 bridgehead atoms. The predicted molar refractivity (Wildman–Crippen MR) is 71.1 cm³/mol. The third kappa shape index (κ3) is 92.5. The third-order valence-electron chi connectivity index (χ3n) is 0.809. The first-order valence-electron chi connectivity index (χ1n) is 5.98. The van der Waals surface area contributed by atoms with Gasteiger partial charge in [0, 0.05) is 13.1 Å². The van der Waals surface area contributed by atoms with E-state index in [2.05, 4.69) is 38.2 Å². The lowest BCUT2D eigenvalue weighted by Gasteiger charge is -2.06. The third-order valence-corrected chi connectivity index (χ3v) is 0.809. The molecule has 2 heteroatoms. The summed E-state index contributed by atoms with van der Waals surface area (Å²) in [5.74, 6) is 0. The van der Waals surface area contributed by atoms with E-state index in [0.717, 1.165) is 13.1 Å². The van der Waals surface area contributed by atoms with E-state index in [4.69, 9.17) is 0 Å². The molecule has 0 fully saturated rings. The van der Waals surface area contributed by atoms with Crippen LogP contribution in [-0.2, 0) is 0 Å². The molecule has 0 aromatic carbocycles. The fourth-order valence-electron chi connectivity index (χ4n) is 0.335. The van der Waals surface area contributed by atoms with E-state index in [1.165, 1.54) is 6.42 Å². The molecule has 0 aliphatic rings. The van der Waals surface area contributed by atoms with Gasteiger partial charge in [0.1, 0.15) is 0 Å². The van der Waals surface area contributed by atoms with Crippen molar-refractivity contribution in [1.82, 2.24) is 10.2 Å². The van der Waals surface area contributed by atoms with Crippen LogP contribution in [0.4, 0.5) is 0 Å². The lowest BCUT2D eigenvalue weighted by Crippen LogP contribution is -2.23. The minimum absolute atomic E-state index is 1.08. The maximum absolute atomic E-state index is 3.06. The van der Waals surface area contributed by atoms with Crippen LogP contribution in [0.2, 0.25) is 0 Å². The van der Waals surface area contributed by atoms with Gasteiger partial charge in [0.2, 0.25) is 0 Å². The number of hydrogen-bond donors (Lipinski definition) is 1. The van der Waals surface area contributed by atoms with E-state index in [1.807, 2.05) is 34.7 Å². The molecule has 0 aromatic heterocycles. The Balaban J connectivity index is -0.0000000603. The first kappa shape index (κ1) is 23.6. The summed E-state index contributed by atoms with van der Waals surface area (Å²) in [6.45, 7) is 14.4. The van der Waals surface area contributed by atoms with Crippen LogP contribution >= 0.6 is 0 Å². The Morgan fingerprint density at radius 1 is 0.929 bits per heavy atom. The summed E-state index contributed by atoms with van der Waals surface area (Å²) in [5.41, 5.74) is 0. The minimum atomic E-state index is 1.08. The molecule has 0 atom stereocenters. The van der Waals surface area contributed by atoms with Gasteiger partial charge in [0.15, 0.2) is 0 Å². The number of nitrogens with one attached hydrogen (secondary N) is 1. The fraction of sp³-hybridized carbons (Fsp3) is 1.00. The quantitative estimate of drug-likeness (QED) is 0.762. The van der Waals surface area contributed by atoms with Crippen molar-refractivity contribution < 1.29 is 0 Å². The second-order valence-corrected chi connectivity index (χ2v) is 2.61. The Kier molecular flexibility index (Phi) is 64.7. The highest BCUT2D eigenvalue weighted by Crippen LogP contribution is 1.66. The van der Waals surface area contributed by atoms with Crippen LogP contribution < -0.4 is 5.32 Å².